The lowest BCUT2D eigenvalue weighted by molar-refractivity contribution is 0.0743. The van der Waals surface area contributed by atoms with Gasteiger partial charge in [-0.15, -0.1) is 0 Å². The summed E-state index contributed by atoms with van der Waals surface area (Å²) in [6.07, 6.45) is 6.09. The van der Waals surface area contributed by atoms with Crippen molar-refractivity contribution in [2.45, 2.75) is 26.3 Å². The van der Waals surface area contributed by atoms with Crippen LogP contribution in [-0.4, -0.2) is 38.4 Å². The SMILES string of the molecule is Cc1cccnc1C[C@H](C)N(C)C(=O)c1cccc(-c2cncn2C)c1. The fraction of sp³-hybridized carbons (Fsp3) is 0.286. The number of benzene rings is 1. The van der Waals surface area contributed by atoms with Crippen LogP contribution < -0.4 is 0 Å². The second kappa shape index (κ2) is 7.52. The molecule has 0 bridgehead atoms. The first-order valence-corrected chi connectivity index (χ1v) is 8.71. The van der Waals surface area contributed by atoms with Crippen LogP contribution in [0.2, 0.25) is 0 Å². The van der Waals surface area contributed by atoms with Crippen molar-refractivity contribution in [3.05, 3.63) is 71.9 Å². The van der Waals surface area contributed by atoms with Crippen molar-refractivity contribution in [1.29, 1.82) is 0 Å². The van der Waals surface area contributed by atoms with E-state index in [0.29, 0.717) is 5.56 Å². The van der Waals surface area contributed by atoms with Gasteiger partial charge in [0.2, 0.25) is 0 Å². The molecule has 0 unspecified atom stereocenters. The Bertz CT molecular complexity index is 916. The maximum Gasteiger partial charge on any atom is 0.253 e. The van der Waals surface area contributed by atoms with Crippen molar-refractivity contribution in [2.75, 3.05) is 7.05 Å². The van der Waals surface area contributed by atoms with E-state index < -0.39 is 0 Å². The van der Waals surface area contributed by atoms with Crippen LogP contribution in [0, 0.1) is 6.92 Å². The summed E-state index contributed by atoms with van der Waals surface area (Å²) in [5, 5.41) is 0. The minimum Gasteiger partial charge on any atom is -0.339 e. The predicted octanol–water partition coefficient (Wildman–Crippen LogP) is 3.49. The summed E-state index contributed by atoms with van der Waals surface area (Å²) in [5.74, 6) is 0.00935. The summed E-state index contributed by atoms with van der Waals surface area (Å²) >= 11 is 0. The van der Waals surface area contributed by atoms with Crippen LogP contribution in [0.1, 0.15) is 28.5 Å². The van der Waals surface area contributed by atoms with E-state index >= 15 is 0 Å². The van der Waals surface area contributed by atoms with Crippen molar-refractivity contribution in [2.24, 2.45) is 7.05 Å². The molecule has 3 aromatic rings. The number of nitrogens with zero attached hydrogens (tertiary/aromatic N) is 4. The average Bonchev–Trinajstić information content (AvgIpc) is 3.08. The molecular formula is C21H24N4O. The number of carbonyl (C=O) groups excluding carboxylic acids is 1. The molecule has 3 rings (SSSR count). The van der Waals surface area contributed by atoms with Crippen molar-refractivity contribution in [3.63, 3.8) is 0 Å². The Morgan fingerprint density at radius 3 is 2.77 bits per heavy atom. The molecule has 0 radical (unpaired) electrons. The molecule has 5 nitrogen and oxygen atoms in total. The second-order valence-electron chi connectivity index (χ2n) is 6.71. The van der Waals surface area contributed by atoms with Gasteiger partial charge in [0.25, 0.3) is 5.91 Å². The Balaban J connectivity index is 1.78. The maximum absolute atomic E-state index is 13.0. The van der Waals surface area contributed by atoms with Crippen molar-refractivity contribution < 1.29 is 4.79 Å². The second-order valence-corrected chi connectivity index (χ2v) is 6.71. The third-order valence-electron chi connectivity index (χ3n) is 4.81. The number of aromatic nitrogens is 3. The zero-order chi connectivity index (χ0) is 18.7. The fourth-order valence-corrected chi connectivity index (χ4v) is 3.00. The predicted molar refractivity (Wildman–Crippen MR) is 103 cm³/mol. The van der Waals surface area contributed by atoms with E-state index in [1.807, 2.05) is 62.0 Å². The van der Waals surface area contributed by atoms with Crippen LogP contribution in [-0.2, 0) is 13.5 Å². The highest BCUT2D eigenvalue weighted by Gasteiger charge is 2.19. The van der Waals surface area contributed by atoms with Crippen LogP contribution in [0.3, 0.4) is 0 Å². The number of rotatable bonds is 5. The molecule has 0 N–H and O–H groups in total. The highest BCUT2D eigenvalue weighted by Crippen LogP contribution is 2.21. The van der Waals surface area contributed by atoms with E-state index in [4.69, 9.17) is 0 Å². The van der Waals surface area contributed by atoms with E-state index in [-0.39, 0.29) is 11.9 Å². The fourth-order valence-electron chi connectivity index (χ4n) is 3.00. The number of hydrogen-bond acceptors (Lipinski definition) is 3. The normalized spacial score (nSPS) is 12.0. The highest BCUT2D eigenvalue weighted by atomic mass is 16.2. The first-order valence-electron chi connectivity index (χ1n) is 8.71. The number of hydrogen-bond donors (Lipinski definition) is 0. The van der Waals surface area contributed by atoms with E-state index in [0.717, 1.165) is 28.9 Å². The van der Waals surface area contributed by atoms with E-state index in [9.17, 15) is 4.79 Å². The average molecular weight is 348 g/mol. The van der Waals surface area contributed by atoms with Crippen LogP contribution in [0.25, 0.3) is 11.3 Å². The van der Waals surface area contributed by atoms with Gasteiger partial charge in [0.1, 0.15) is 0 Å². The van der Waals surface area contributed by atoms with Crippen molar-refractivity contribution in [1.82, 2.24) is 19.4 Å². The lowest BCUT2D eigenvalue weighted by Crippen LogP contribution is -2.36. The molecule has 0 spiro atoms. The third-order valence-corrected chi connectivity index (χ3v) is 4.81. The molecule has 0 aliphatic rings. The Morgan fingerprint density at radius 2 is 2.08 bits per heavy atom. The van der Waals surface area contributed by atoms with Gasteiger partial charge in [0.05, 0.1) is 18.2 Å². The molecule has 26 heavy (non-hydrogen) atoms. The molecule has 5 heteroatoms. The molecule has 1 aromatic carbocycles. The molecule has 2 heterocycles. The lowest BCUT2D eigenvalue weighted by atomic mass is 10.0. The van der Waals surface area contributed by atoms with E-state index in [1.165, 1.54) is 0 Å². The van der Waals surface area contributed by atoms with Gasteiger partial charge in [-0.25, -0.2) is 4.98 Å². The van der Waals surface area contributed by atoms with E-state index in [1.54, 1.807) is 23.6 Å². The number of aryl methyl sites for hydroxylation is 2. The molecule has 1 amide bonds. The molecule has 2 aromatic heterocycles. The van der Waals surface area contributed by atoms with Crippen LogP contribution in [0.5, 0.6) is 0 Å². The molecule has 0 saturated heterocycles. The minimum atomic E-state index is 0.00935. The largest absolute Gasteiger partial charge is 0.339 e. The topological polar surface area (TPSA) is 51.0 Å². The number of amides is 1. The number of likely N-dealkylation sites (N-methyl/N-ethyl adjacent to an activating group) is 1. The van der Waals surface area contributed by atoms with Gasteiger partial charge in [-0.2, -0.15) is 0 Å². The standard InChI is InChI=1S/C21H24N4O/c1-15-7-6-10-23-19(15)11-16(2)25(4)21(26)18-9-5-8-17(12-18)20-13-22-14-24(20)3/h5-10,12-14,16H,11H2,1-4H3/t16-/m0/s1. The molecule has 134 valence electrons. The molecule has 1 atom stereocenters. The molecule has 0 fully saturated rings. The summed E-state index contributed by atoms with van der Waals surface area (Å²) < 4.78 is 1.94. The molecule has 0 saturated carbocycles. The monoisotopic (exact) mass is 348 g/mol. The Morgan fingerprint density at radius 1 is 1.27 bits per heavy atom. The van der Waals surface area contributed by atoms with Gasteiger partial charge in [-0.1, -0.05) is 18.2 Å². The molecular weight excluding hydrogens is 324 g/mol. The summed E-state index contributed by atoms with van der Waals surface area (Å²) in [7, 11) is 3.79. The third kappa shape index (κ3) is 3.67. The summed E-state index contributed by atoms with van der Waals surface area (Å²) in [5.41, 5.74) is 4.83. The Hall–Kier alpha value is -2.95. The van der Waals surface area contributed by atoms with Gasteiger partial charge >= 0.3 is 0 Å². The number of carbonyl (C=O) groups is 1. The van der Waals surface area contributed by atoms with Gasteiger partial charge in [0, 0.05) is 49.6 Å². The van der Waals surface area contributed by atoms with E-state index in [2.05, 4.69) is 16.9 Å². The van der Waals surface area contributed by atoms with Gasteiger partial charge < -0.3 is 9.47 Å². The van der Waals surface area contributed by atoms with Crippen LogP contribution in [0.4, 0.5) is 0 Å². The Labute approximate surface area is 154 Å². The first kappa shape index (κ1) is 17.9. The molecule has 0 aliphatic carbocycles. The quantitative estimate of drug-likeness (QED) is 0.709. The van der Waals surface area contributed by atoms with Gasteiger partial charge in [-0.05, 0) is 37.6 Å². The highest BCUT2D eigenvalue weighted by molar-refractivity contribution is 5.95. The summed E-state index contributed by atoms with van der Waals surface area (Å²) in [4.78, 5) is 23.3. The lowest BCUT2D eigenvalue weighted by Gasteiger charge is -2.25. The summed E-state index contributed by atoms with van der Waals surface area (Å²) in [6, 6.07) is 11.7. The maximum atomic E-state index is 13.0. The minimum absolute atomic E-state index is 0.00935. The smallest absolute Gasteiger partial charge is 0.253 e. The zero-order valence-electron chi connectivity index (χ0n) is 15.7. The summed E-state index contributed by atoms with van der Waals surface area (Å²) in [6.45, 7) is 4.10. The van der Waals surface area contributed by atoms with Gasteiger partial charge in [0.15, 0.2) is 0 Å². The first-order chi connectivity index (χ1) is 12.5. The van der Waals surface area contributed by atoms with Crippen molar-refractivity contribution >= 4 is 5.91 Å². The van der Waals surface area contributed by atoms with Gasteiger partial charge in [-0.3, -0.25) is 9.78 Å². The number of imidazole rings is 1. The van der Waals surface area contributed by atoms with Crippen molar-refractivity contribution in [3.8, 4) is 11.3 Å². The number of pyridine rings is 1. The van der Waals surface area contributed by atoms with Crippen LogP contribution in [0.15, 0.2) is 55.1 Å². The zero-order valence-corrected chi connectivity index (χ0v) is 15.7. The molecule has 0 aliphatic heterocycles. The Kier molecular flexibility index (Phi) is 5.16. The van der Waals surface area contributed by atoms with Crippen LogP contribution >= 0.6 is 0 Å².